The van der Waals surface area contributed by atoms with Crippen molar-refractivity contribution >= 4 is 17.2 Å². The van der Waals surface area contributed by atoms with Crippen LogP contribution in [0.4, 0.5) is 0 Å². The maximum absolute atomic E-state index is 4.88. The van der Waals surface area contributed by atoms with E-state index in [2.05, 4.69) is 77.6 Å². The standard InChI is InChI=1S/C30H41N5/c1-4-28-32-29-23(2)21-24(3)31-30(29)35(28)22-26-14-12-25(13-15-26)9-8-16-33-17-19-34(20-18-33)27-10-6-5-7-11-27/h8-9,12-15,21,27H,4-7,10-11,16-20,22H2,1-3H3/b9-8+. The van der Waals surface area contributed by atoms with Crippen LogP contribution in [0.25, 0.3) is 17.2 Å². The quantitative estimate of drug-likeness (QED) is 0.448. The highest BCUT2D eigenvalue weighted by atomic mass is 15.3. The van der Waals surface area contributed by atoms with Crippen LogP contribution in [0.2, 0.25) is 0 Å². The molecule has 0 amide bonds. The van der Waals surface area contributed by atoms with Gasteiger partial charge in [0.15, 0.2) is 5.65 Å². The predicted molar refractivity (Wildman–Crippen MR) is 146 cm³/mol. The SMILES string of the molecule is CCc1nc2c(C)cc(C)nc2n1Cc1ccc(/C=C/CN2CCN(C3CCCCC3)CC2)cc1. The zero-order chi connectivity index (χ0) is 24.2. The monoisotopic (exact) mass is 471 g/mol. The van der Waals surface area contributed by atoms with Crippen molar-refractivity contribution in [3.63, 3.8) is 0 Å². The number of fused-ring (bicyclic) bond motifs is 1. The lowest BCUT2D eigenvalue weighted by Crippen LogP contribution is -2.50. The number of aromatic nitrogens is 3. The molecular weight excluding hydrogens is 430 g/mol. The molecule has 0 unspecified atom stereocenters. The summed E-state index contributed by atoms with van der Waals surface area (Å²) in [7, 11) is 0. The summed E-state index contributed by atoms with van der Waals surface area (Å²) in [5.74, 6) is 1.11. The van der Waals surface area contributed by atoms with Gasteiger partial charge in [-0.3, -0.25) is 9.80 Å². The van der Waals surface area contributed by atoms with Crippen LogP contribution in [0.5, 0.6) is 0 Å². The number of aryl methyl sites for hydroxylation is 3. The van der Waals surface area contributed by atoms with E-state index < -0.39 is 0 Å². The van der Waals surface area contributed by atoms with Crippen molar-refractivity contribution in [3.8, 4) is 0 Å². The summed E-state index contributed by atoms with van der Waals surface area (Å²) >= 11 is 0. The van der Waals surface area contributed by atoms with Gasteiger partial charge >= 0.3 is 0 Å². The normalized spacial score (nSPS) is 18.7. The van der Waals surface area contributed by atoms with E-state index in [1.807, 2.05) is 0 Å². The Labute approximate surface area is 210 Å². The van der Waals surface area contributed by atoms with Crippen LogP contribution >= 0.6 is 0 Å². The number of hydrogen-bond donors (Lipinski definition) is 0. The Hall–Kier alpha value is -2.50. The van der Waals surface area contributed by atoms with Crippen molar-refractivity contribution in [1.82, 2.24) is 24.3 Å². The van der Waals surface area contributed by atoms with Crippen molar-refractivity contribution in [2.75, 3.05) is 32.7 Å². The molecule has 1 aromatic carbocycles. The van der Waals surface area contributed by atoms with Crippen molar-refractivity contribution in [1.29, 1.82) is 0 Å². The van der Waals surface area contributed by atoms with Crippen LogP contribution in [0.3, 0.4) is 0 Å². The largest absolute Gasteiger partial charge is 0.308 e. The molecule has 35 heavy (non-hydrogen) atoms. The minimum atomic E-state index is 0.810. The number of imidazole rings is 1. The molecule has 2 fully saturated rings. The molecule has 186 valence electrons. The van der Waals surface area contributed by atoms with Crippen LogP contribution in [0.1, 0.15) is 67.2 Å². The van der Waals surface area contributed by atoms with Gasteiger partial charge in [0.2, 0.25) is 0 Å². The first-order valence-electron chi connectivity index (χ1n) is 13.7. The Morgan fingerprint density at radius 2 is 1.69 bits per heavy atom. The molecule has 0 atom stereocenters. The Bertz CT molecular complexity index is 1150. The second-order valence-electron chi connectivity index (χ2n) is 10.5. The van der Waals surface area contributed by atoms with Crippen molar-refractivity contribution in [2.45, 2.75) is 71.9 Å². The topological polar surface area (TPSA) is 37.2 Å². The van der Waals surface area contributed by atoms with Gasteiger partial charge in [0, 0.05) is 50.9 Å². The fourth-order valence-electron chi connectivity index (χ4n) is 5.90. The number of pyridine rings is 1. The second-order valence-corrected chi connectivity index (χ2v) is 10.5. The Morgan fingerprint density at radius 3 is 2.40 bits per heavy atom. The lowest BCUT2D eigenvalue weighted by atomic mass is 9.94. The minimum absolute atomic E-state index is 0.810. The number of piperazine rings is 1. The van der Waals surface area contributed by atoms with E-state index in [-0.39, 0.29) is 0 Å². The highest BCUT2D eigenvalue weighted by Gasteiger charge is 2.24. The van der Waals surface area contributed by atoms with Gasteiger partial charge in [-0.1, -0.05) is 62.6 Å². The molecule has 2 aliphatic rings. The summed E-state index contributed by atoms with van der Waals surface area (Å²) in [6.07, 6.45) is 12.7. The van der Waals surface area contributed by atoms with Gasteiger partial charge in [-0.15, -0.1) is 0 Å². The fraction of sp³-hybridized carbons (Fsp3) is 0.533. The molecule has 5 nitrogen and oxygen atoms in total. The molecule has 5 rings (SSSR count). The highest BCUT2D eigenvalue weighted by molar-refractivity contribution is 5.76. The smallest absolute Gasteiger partial charge is 0.160 e. The molecule has 3 aromatic rings. The third kappa shape index (κ3) is 5.68. The van der Waals surface area contributed by atoms with E-state index in [1.54, 1.807) is 0 Å². The number of hydrogen-bond acceptors (Lipinski definition) is 4. The Balaban J connectivity index is 1.17. The van der Waals surface area contributed by atoms with Gasteiger partial charge in [0.1, 0.15) is 11.3 Å². The first-order chi connectivity index (χ1) is 17.1. The third-order valence-electron chi connectivity index (χ3n) is 7.91. The van der Waals surface area contributed by atoms with Gasteiger partial charge in [0.25, 0.3) is 0 Å². The lowest BCUT2D eigenvalue weighted by Gasteiger charge is -2.40. The van der Waals surface area contributed by atoms with Crippen molar-refractivity contribution in [2.24, 2.45) is 0 Å². The Kier molecular flexibility index (Phi) is 7.64. The molecule has 1 aliphatic carbocycles. The molecule has 3 heterocycles. The molecule has 0 radical (unpaired) electrons. The average molecular weight is 472 g/mol. The predicted octanol–water partition coefficient (Wildman–Crippen LogP) is 5.62. The first kappa shape index (κ1) is 24.2. The van der Waals surface area contributed by atoms with Crippen LogP contribution < -0.4 is 0 Å². The summed E-state index contributed by atoms with van der Waals surface area (Å²) in [5, 5.41) is 0. The summed E-state index contributed by atoms with van der Waals surface area (Å²) < 4.78 is 2.28. The average Bonchev–Trinajstić information content (AvgIpc) is 3.23. The number of benzene rings is 1. The van der Waals surface area contributed by atoms with E-state index in [9.17, 15) is 0 Å². The maximum Gasteiger partial charge on any atom is 0.160 e. The molecule has 0 spiro atoms. The van der Waals surface area contributed by atoms with E-state index in [4.69, 9.17) is 9.97 Å². The van der Waals surface area contributed by atoms with Crippen LogP contribution in [0, 0.1) is 13.8 Å². The van der Waals surface area contributed by atoms with Crippen molar-refractivity contribution in [3.05, 3.63) is 64.6 Å². The first-order valence-corrected chi connectivity index (χ1v) is 13.7. The van der Waals surface area contributed by atoms with Gasteiger partial charge in [-0.05, 0) is 49.4 Å². The van der Waals surface area contributed by atoms with Crippen LogP contribution in [0.15, 0.2) is 36.4 Å². The molecule has 0 N–H and O–H groups in total. The Morgan fingerprint density at radius 1 is 0.943 bits per heavy atom. The molecular formula is C30H41N5. The van der Waals surface area contributed by atoms with Crippen molar-refractivity contribution < 1.29 is 0 Å². The zero-order valence-electron chi connectivity index (χ0n) is 21.8. The van der Waals surface area contributed by atoms with Gasteiger partial charge in [-0.2, -0.15) is 0 Å². The van der Waals surface area contributed by atoms with Crippen LogP contribution in [-0.2, 0) is 13.0 Å². The summed E-state index contributed by atoms with van der Waals surface area (Å²) in [5.41, 5.74) is 6.85. The summed E-state index contributed by atoms with van der Waals surface area (Å²) in [4.78, 5) is 15.0. The number of nitrogens with zero attached hydrogens (tertiary/aromatic N) is 5. The highest BCUT2D eigenvalue weighted by Crippen LogP contribution is 2.24. The maximum atomic E-state index is 4.88. The molecule has 2 aromatic heterocycles. The summed E-state index contributed by atoms with van der Waals surface area (Å²) in [6, 6.07) is 11.9. The van der Waals surface area contributed by atoms with E-state index in [0.717, 1.165) is 48.2 Å². The lowest BCUT2D eigenvalue weighted by molar-refractivity contribution is 0.0847. The summed E-state index contributed by atoms with van der Waals surface area (Å²) in [6.45, 7) is 13.1. The molecule has 1 saturated heterocycles. The fourth-order valence-corrected chi connectivity index (χ4v) is 5.90. The molecule has 5 heteroatoms. The molecule has 1 aliphatic heterocycles. The van der Waals surface area contributed by atoms with Gasteiger partial charge in [-0.25, -0.2) is 9.97 Å². The van der Waals surface area contributed by atoms with E-state index in [1.165, 1.54) is 75.0 Å². The van der Waals surface area contributed by atoms with Gasteiger partial charge < -0.3 is 4.57 Å². The number of rotatable bonds is 7. The van der Waals surface area contributed by atoms with Gasteiger partial charge in [0.05, 0.1) is 6.54 Å². The third-order valence-corrected chi connectivity index (χ3v) is 7.91. The molecule has 1 saturated carbocycles. The minimum Gasteiger partial charge on any atom is -0.308 e. The molecule has 0 bridgehead atoms. The van der Waals surface area contributed by atoms with E-state index >= 15 is 0 Å². The zero-order valence-corrected chi connectivity index (χ0v) is 21.8. The van der Waals surface area contributed by atoms with E-state index in [0.29, 0.717) is 0 Å². The van der Waals surface area contributed by atoms with Crippen LogP contribution in [-0.4, -0.2) is 63.1 Å². The second kappa shape index (κ2) is 11.0.